The number of carbonyl (C=O) groups excluding carboxylic acids is 1. The highest BCUT2D eigenvalue weighted by molar-refractivity contribution is 8.01. The number of hydrogen-bond donors (Lipinski definition) is 0. The highest BCUT2D eigenvalue weighted by Crippen LogP contribution is 2.29. The van der Waals surface area contributed by atoms with E-state index in [1.165, 1.54) is 0 Å². The molecule has 4 heteroatoms. The molecule has 1 aromatic heterocycles. The molecule has 0 aromatic carbocycles. The number of nitrogens with zero attached hydrogens (tertiary/aromatic N) is 1. The van der Waals surface area contributed by atoms with Crippen molar-refractivity contribution >= 4 is 17.5 Å². The van der Waals surface area contributed by atoms with Crippen LogP contribution < -0.4 is 0 Å². The molecule has 1 heterocycles. The van der Waals surface area contributed by atoms with E-state index < -0.39 is 0 Å². The normalized spacial score (nSPS) is 13.0. The van der Waals surface area contributed by atoms with Gasteiger partial charge >= 0.3 is 0 Å². The van der Waals surface area contributed by atoms with E-state index in [1.54, 1.807) is 11.8 Å². The minimum Gasteiger partial charge on any atom is -0.361 e. The Morgan fingerprint density at radius 1 is 1.29 bits per heavy atom. The number of hydrogen-bond acceptors (Lipinski definition) is 4. The van der Waals surface area contributed by atoms with Crippen LogP contribution in [0, 0.1) is 5.92 Å². The Kier molecular flexibility index (Phi) is 6.09. The summed E-state index contributed by atoms with van der Waals surface area (Å²) in [6.45, 7) is 14.6. The summed E-state index contributed by atoms with van der Waals surface area (Å²) in [7, 11) is 0. The van der Waals surface area contributed by atoms with Gasteiger partial charge in [0.2, 0.25) is 0 Å². The largest absolute Gasteiger partial charge is 0.361 e. The summed E-state index contributed by atoms with van der Waals surface area (Å²) in [6.07, 6.45) is 1.49. The average Bonchev–Trinajstić information content (AvgIpc) is 2.76. The van der Waals surface area contributed by atoms with Crippen molar-refractivity contribution in [3.63, 3.8) is 0 Å². The molecule has 1 aromatic rings. The maximum absolute atomic E-state index is 12.5. The SMILES string of the molecule is CC(C)CCSC(C)(C)C(=O)Cc1cc(C(C)(C)C)on1. The number of rotatable bonds is 7. The molecule has 1 rings (SSSR count). The number of aromatic nitrogens is 1. The van der Waals surface area contributed by atoms with Crippen molar-refractivity contribution < 1.29 is 9.32 Å². The van der Waals surface area contributed by atoms with Gasteiger partial charge in [-0.15, -0.1) is 11.8 Å². The van der Waals surface area contributed by atoms with Crippen LogP contribution in [0.4, 0.5) is 0 Å². The molecule has 0 N–H and O–H groups in total. The third-order valence-electron chi connectivity index (χ3n) is 3.47. The lowest BCUT2D eigenvalue weighted by Gasteiger charge is -2.22. The lowest BCUT2D eigenvalue weighted by atomic mass is 9.92. The molecule has 0 fully saturated rings. The van der Waals surface area contributed by atoms with E-state index in [1.807, 2.05) is 19.9 Å². The van der Waals surface area contributed by atoms with E-state index in [0.717, 1.165) is 23.6 Å². The molecule has 0 atom stereocenters. The van der Waals surface area contributed by atoms with Crippen molar-refractivity contribution in [3.8, 4) is 0 Å². The lowest BCUT2D eigenvalue weighted by Crippen LogP contribution is -2.30. The van der Waals surface area contributed by atoms with E-state index in [4.69, 9.17) is 4.52 Å². The molecular formula is C17H29NO2S. The van der Waals surface area contributed by atoms with E-state index in [2.05, 4.69) is 39.8 Å². The maximum atomic E-state index is 12.5. The molecule has 0 unspecified atom stereocenters. The maximum Gasteiger partial charge on any atom is 0.154 e. The van der Waals surface area contributed by atoms with E-state index in [-0.39, 0.29) is 15.9 Å². The summed E-state index contributed by atoms with van der Waals surface area (Å²) in [5.41, 5.74) is 0.665. The van der Waals surface area contributed by atoms with Crippen LogP contribution >= 0.6 is 11.8 Å². The molecule has 0 spiro atoms. The second-order valence-electron chi connectivity index (χ2n) is 7.57. The smallest absolute Gasteiger partial charge is 0.154 e. The van der Waals surface area contributed by atoms with Crippen LogP contribution in [0.1, 0.15) is 66.3 Å². The first-order valence-corrected chi connectivity index (χ1v) is 8.64. The summed E-state index contributed by atoms with van der Waals surface area (Å²) < 4.78 is 4.98. The van der Waals surface area contributed by atoms with Crippen LogP contribution in [0.5, 0.6) is 0 Å². The van der Waals surface area contributed by atoms with Crippen LogP contribution in [-0.4, -0.2) is 21.4 Å². The zero-order chi connectivity index (χ0) is 16.3. The molecule has 21 heavy (non-hydrogen) atoms. The van der Waals surface area contributed by atoms with Gasteiger partial charge in [-0.3, -0.25) is 4.79 Å². The van der Waals surface area contributed by atoms with E-state index >= 15 is 0 Å². The molecule has 3 nitrogen and oxygen atoms in total. The van der Waals surface area contributed by atoms with Crippen LogP contribution in [0.15, 0.2) is 10.6 Å². The molecule has 0 aliphatic rings. The fourth-order valence-electron chi connectivity index (χ4n) is 1.76. The fraction of sp³-hybridized carbons (Fsp3) is 0.765. The van der Waals surface area contributed by atoms with Crippen molar-refractivity contribution in [2.24, 2.45) is 5.92 Å². The van der Waals surface area contributed by atoms with Crippen molar-refractivity contribution in [1.82, 2.24) is 5.16 Å². The first-order chi connectivity index (χ1) is 9.52. The molecule has 0 radical (unpaired) electrons. The standard InChI is InChI=1S/C17H29NO2S/c1-12(2)8-9-21-17(6,7)14(19)10-13-11-15(20-18-13)16(3,4)5/h11-12H,8-10H2,1-7H3. The second-order valence-corrected chi connectivity index (χ2v) is 9.29. The van der Waals surface area contributed by atoms with Crippen LogP contribution in [0.2, 0.25) is 0 Å². The van der Waals surface area contributed by atoms with Crippen LogP contribution in [0.3, 0.4) is 0 Å². The Hall–Kier alpha value is -0.770. The summed E-state index contributed by atoms with van der Waals surface area (Å²) >= 11 is 1.74. The molecule has 0 amide bonds. The Labute approximate surface area is 133 Å². The second kappa shape index (κ2) is 6.99. The highest BCUT2D eigenvalue weighted by Gasteiger charge is 2.29. The van der Waals surface area contributed by atoms with Crippen LogP contribution in [-0.2, 0) is 16.6 Å². The first kappa shape index (κ1) is 18.3. The molecule has 120 valence electrons. The zero-order valence-corrected chi connectivity index (χ0v) is 15.3. The molecular weight excluding hydrogens is 282 g/mol. The van der Waals surface area contributed by atoms with Gasteiger partial charge in [-0.1, -0.05) is 39.8 Å². The predicted octanol–water partition coefficient (Wildman–Crippen LogP) is 4.64. The fourth-order valence-corrected chi connectivity index (χ4v) is 3.09. The monoisotopic (exact) mass is 311 g/mol. The number of Topliss-reactive ketones (excluding diaryl/α,β-unsaturated/α-hetero) is 1. The lowest BCUT2D eigenvalue weighted by molar-refractivity contribution is -0.120. The molecule has 0 saturated carbocycles. The Balaban J connectivity index is 2.61. The van der Waals surface area contributed by atoms with E-state index in [0.29, 0.717) is 12.3 Å². The number of carbonyl (C=O) groups is 1. The summed E-state index contributed by atoms with van der Waals surface area (Å²) in [6, 6.07) is 1.91. The molecule has 0 saturated heterocycles. The summed E-state index contributed by atoms with van der Waals surface area (Å²) in [5.74, 6) is 2.73. The van der Waals surface area contributed by atoms with Crippen molar-refractivity contribution in [1.29, 1.82) is 0 Å². The topological polar surface area (TPSA) is 43.1 Å². The van der Waals surface area contributed by atoms with Gasteiger partial charge in [0.25, 0.3) is 0 Å². The van der Waals surface area contributed by atoms with Gasteiger partial charge in [0.05, 0.1) is 16.9 Å². The Morgan fingerprint density at radius 3 is 2.38 bits per heavy atom. The summed E-state index contributed by atoms with van der Waals surface area (Å²) in [5, 5.41) is 4.04. The zero-order valence-electron chi connectivity index (χ0n) is 14.4. The van der Waals surface area contributed by atoms with Gasteiger partial charge in [0.1, 0.15) is 5.76 Å². The van der Waals surface area contributed by atoms with Gasteiger partial charge in [0, 0.05) is 11.5 Å². The third kappa shape index (κ3) is 5.85. The van der Waals surface area contributed by atoms with Crippen LogP contribution in [0.25, 0.3) is 0 Å². The van der Waals surface area contributed by atoms with Gasteiger partial charge in [0.15, 0.2) is 5.78 Å². The molecule has 0 bridgehead atoms. The number of thioether (sulfide) groups is 1. The Bertz CT molecular complexity index is 469. The van der Waals surface area contributed by atoms with Gasteiger partial charge < -0.3 is 4.52 Å². The van der Waals surface area contributed by atoms with E-state index in [9.17, 15) is 4.79 Å². The first-order valence-electron chi connectivity index (χ1n) is 7.65. The quantitative estimate of drug-likeness (QED) is 0.735. The highest BCUT2D eigenvalue weighted by atomic mass is 32.2. The van der Waals surface area contributed by atoms with Crippen molar-refractivity contribution in [2.45, 2.75) is 71.5 Å². The number of ketones is 1. The van der Waals surface area contributed by atoms with Crippen molar-refractivity contribution in [2.75, 3.05) is 5.75 Å². The Morgan fingerprint density at radius 2 is 1.90 bits per heavy atom. The van der Waals surface area contributed by atoms with Gasteiger partial charge in [-0.2, -0.15) is 0 Å². The van der Waals surface area contributed by atoms with Crippen molar-refractivity contribution in [3.05, 3.63) is 17.5 Å². The minimum atomic E-state index is -0.365. The molecule has 0 aliphatic carbocycles. The third-order valence-corrected chi connectivity index (χ3v) is 4.86. The summed E-state index contributed by atoms with van der Waals surface area (Å²) in [4.78, 5) is 12.5. The average molecular weight is 311 g/mol. The van der Waals surface area contributed by atoms with Gasteiger partial charge in [-0.05, 0) is 31.9 Å². The minimum absolute atomic E-state index is 0.0736. The predicted molar refractivity (Wildman–Crippen MR) is 89.9 cm³/mol. The van der Waals surface area contributed by atoms with Gasteiger partial charge in [-0.25, -0.2) is 0 Å². The molecule has 0 aliphatic heterocycles.